The van der Waals surface area contributed by atoms with Gasteiger partial charge in [-0.15, -0.1) is 0 Å². The van der Waals surface area contributed by atoms with Crippen LogP contribution in [-0.4, -0.2) is 5.78 Å². The van der Waals surface area contributed by atoms with Gasteiger partial charge in [0.05, 0.1) is 0 Å². The van der Waals surface area contributed by atoms with Crippen LogP contribution in [0.1, 0.15) is 23.2 Å². The minimum atomic E-state index is 0.118. The van der Waals surface area contributed by atoms with Gasteiger partial charge in [-0.05, 0) is 24.8 Å². The second-order valence-electron chi connectivity index (χ2n) is 3.43. The molecule has 1 aliphatic rings. The van der Waals surface area contributed by atoms with E-state index in [2.05, 4.69) is 0 Å². The zero-order valence-electron chi connectivity index (χ0n) is 7.44. The van der Waals surface area contributed by atoms with E-state index in [4.69, 9.17) is 0 Å². The predicted octanol–water partition coefficient (Wildman–Crippen LogP) is 2.84. The Hall–Kier alpha value is -1.37. The number of allylic oxidation sites excluding steroid dienone is 2. The summed E-state index contributed by atoms with van der Waals surface area (Å²) < 4.78 is 0. The van der Waals surface area contributed by atoms with Gasteiger partial charge in [-0.3, -0.25) is 4.79 Å². The van der Waals surface area contributed by atoms with E-state index < -0.39 is 0 Å². The normalized spacial score (nSPS) is 16.3. The summed E-state index contributed by atoms with van der Waals surface area (Å²) in [6.45, 7) is 0. The summed E-state index contributed by atoms with van der Waals surface area (Å²) in [6.07, 6.45) is 6.22. The molecule has 1 fully saturated rings. The molecule has 0 heterocycles. The Morgan fingerprint density at radius 2 is 1.92 bits per heavy atom. The lowest BCUT2D eigenvalue weighted by Gasteiger charge is -1.92. The van der Waals surface area contributed by atoms with Crippen molar-refractivity contribution in [3.8, 4) is 0 Å². The molecule has 2 rings (SSSR count). The van der Waals surface area contributed by atoms with Gasteiger partial charge in [0.1, 0.15) is 0 Å². The second-order valence-corrected chi connectivity index (χ2v) is 3.43. The Labute approximate surface area is 78.1 Å². The number of benzene rings is 1. The summed E-state index contributed by atoms with van der Waals surface area (Å²) >= 11 is 0. The van der Waals surface area contributed by atoms with E-state index >= 15 is 0 Å². The van der Waals surface area contributed by atoms with Crippen LogP contribution < -0.4 is 0 Å². The predicted molar refractivity (Wildman–Crippen MR) is 52.6 cm³/mol. The van der Waals surface area contributed by atoms with E-state index in [9.17, 15) is 4.79 Å². The third-order valence-electron chi connectivity index (χ3n) is 2.20. The van der Waals surface area contributed by atoms with Gasteiger partial charge in [-0.25, -0.2) is 0 Å². The third-order valence-corrected chi connectivity index (χ3v) is 2.20. The van der Waals surface area contributed by atoms with Crippen LogP contribution in [-0.2, 0) is 0 Å². The van der Waals surface area contributed by atoms with E-state index in [-0.39, 0.29) is 5.78 Å². The number of hydrogen-bond acceptors (Lipinski definition) is 1. The van der Waals surface area contributed by atoms with E-state index in [1.54, 1.807) is 6.08 Å². The van der Waals surface area contributed by atoms with Gasteiger partial charge in [-0.2, -0.15) is 0 Å². The van der Waals surface area contributed by atoms with E-state index in [1.165, 1.54) is 12.8 Å². The monoisotopic (exact) mass is 172 g/mol. The van der Waals surface area contributed by atoms with Crippen molar-refractivity contribution in [1.29, 1.82) is 0 Å². The average Bonchev–Trinajstić information content (AvgIpc) is 2.99. The number of carbonyl (C=O) groups excluding carboxylic acids is 1. The summed E-state index contributed by atoms with van der Waals surface area (Å²) in [5.41, 5.74) is 0.777. The summed E-state index contributed by atoms with van der Waals surface area (Å²) in [5, 5.41) is 0. The Kier molecular flexibility index (Phi) is 2.26. The third kappa shape index (κ3) is 2.28. The molecule has 0 aromatic heterocycles. The number of carbonyl (C=O) groups is 1. The maximum absolute atomic E-state index is 11.5. The van der Waals surface area contributed by atoms with Crippen LogP contribution in [0.25, 0.3) is 0 Å². The minimum absolute atomic E-state index is 0.118. The maximum atomic E-state index is 11.5. The lowest BCUT2D eigenvalue weighted by atomic mass is 10.1. The molecule has 0 unspecified atom stereocenters. The Morgan fingerprint density at radius 3 is 2.54 bits per heavy atom. The molecule has 0 bridgehead atoms. The van der Waals surface area contributed by atoms with Crippen LogP contribution in [0.15, 0.2) is 42.5 Å². The fourth-order valence-corrected chi connectivity index (χ4v) is 1.21. The molecular weight excluding hydrogens is 160 g/mol. The van der Waals surface area contributed by atoms with Crippen LogP contribution in [0.4, 0.5) is 0 Å². The first-order valence-electron chi connectivity index (χ1n) is 4.64. The van der Waals surface area contributed by atoms with Crippen LogP contribution in [0, 0.1) is 5.92 Å². The summed E-state index contributed by atoms with van der Waals surface area (Å²) in [6, 6.07) is 9.39. The van der Waals surface area contributed by atoms with Crippen LogP contribution in [0.5, 0.6) is 0 Å². The van der Waals surface area contributed by atoms with Crippen molar-refractivity contribution < 1.29 is 4.79 Å². The van der Waals surface area contributed by atoms with Crippen molar-refractivity contribution in [2.24, 2.45) is 5.92 Å². The lowest BCUT2D eigenvalue weighted by molar-refractivity contribution is 0.104. The molecule has 0 radical (unpaired) electrons. The first kappa shape index (κ1) is 8.24. The number of hydrogen-bond donors (Lipinski definition) is 0. The van der Waals surface area contributed by atoms with Crippen LogP contribution in [0.2, 0.25) is 0 Å². The average molecular weight is 172 g/mol. The van der Waals surface area contributed by atoms with Crippen LogP contribution in [0.3, 0.4) is 0 Å². The molecular formula is C12H12O. The molecule has 1 aromatic rings. The standard InChI is InChI=1S/C12H12O/c13-12(9-8-10-6-7-10)11-4-2-1-3-5-11/h1-5,8-10H,6-7H2. The molecule has 1 heteroatoms. The molecule has 0 saturated heterocycles. The summed E-state index contributed by atoms with van der Waals surface area (Å²) in [5.74, 6) is 0.792. The smallest absolute Gasteiger partial charge is 0.185 e. The quantitative estimate of drug-likeness (QED) is 0.506. The highest BCUT2D eigenvalue weighted by Gasteiger charge is 2.17. The molecule has 13 heavy (non-hydrogen) atoms. The van der Waals surface area contributed by atoms with Gasteiger partial charge in [0.25, 0.3) is 0 Å². The summed E-state index contributed by atoms with van der Waals surface area (Å²) in [7, 11) is 0. The molecule has 66 valence electrons. The topological polar surface area (TPSA) is 17.1 Å². The summed E-state index contributed by atoms with van der Waals surface area (Å²) in [4.78, 5) is 11.5. The van der Waals surface area contributed by atoms with E-state index in [0.717, 1.165) is 5.56 Å². The van der Waals surface area contributed by atoms with Crippen molar-refractivity contribution >= 4 is 5.78 Å². The maximum Gasteiger partial charge on any atom is 0.185 e. The van der Waals surface area contributed by atoms with Gasteiger partial charge in [0.2, 0.25) is 0 Å². The Balaban J connectivity index is 2.04. The van der Waals surface area contributed by atoms with Crippen molar-refractivity contribution in [2.45, 2.75) is 12.8 Å². The molecule has 1 aliphatic carbocycles. The fourth-order valence-electron chi connectivity index (χ4n) is 1.21. The molecule has 0 atom stereocenters. The molecule has 1 nitrogen and oxygen atoms in total. The van der Waals surface area contributed by atoms with Gasteiger partial charge in [-0.1, -0.05) is 36.4 Å². The van der Waals surface area contributed by atoms with Crippen molar-refractivity contribution in [3.05, 3.63) is 48.0 Å². The van der Waals surface area contributed by atoms with Crippen LogP contribution >= 0.6 is 0 Å². The highest BCUT2D eigenvalue weighted by atomic mass is 16.1. The van der Waals surface area contributed by atoms with Gasteiger partial charge in [0, 0.05) is 5.56 Å². The van der Waals surface area contributed by atoms with Gasteiger partial charge < -0.3 is 0 Å². The molecule has 1 aromatic carbocycles. The van der Waals surface area contributed by atoms with Gasteiger partial charge in [0.15, 0.2) is 5.78 Å². The molecule has 0 aliphatic heterocycles. The SMILES string of the molecule is O=C(C=CC1CC1)c1ccccc1. The van der Waals surface area contributed by atoms with Crippen molar-refractivity contribution in [2.75, 3.05) is 0 Å². The molecule has 0 amide bonds. The zero-order chi connectivity index (χ0) is 9.10. The molecule has 0 N–H and O–H groups in total. The second kappa shape index (κ2) is 3.56. The van der Waals surface area contributed by atoms with E-state index in [0.29, 0.717) is 5.92 Å². The van der Waals surface area contributed by atoms with E-state index in [1.807, 2.05) is 36.4 Å². The lowest BCUT2D eigenvalue weighted by Crippen LogP contribution is -1.92. The highest BCUT2D eigenvalue weighted by Crippen LogP contribution is 2.30. The Bertz CT molecular complexity index is 320. The fraction of sp³-hybridized carbons (Fsp3) is 0.250. The Morgan fingerprint density at radius 1 is 1.23 bits per heavy atom. The minimum Gasteiger partial charge on any atom is -0.289 e. The first-order chi connectivity index (χ1) is 6.36. The van der Waals surface area contributed by atoms with Gasteiger partial charge >= 0.3 is 0 Å². The first-order valence-corrected chi connectivity index (χ1v) is 4.64. The molecule has 0 spiro atoms. The van der Waals surface area contributed by atoms with Crippen molar-refractivity contribution in [1.82, 2.24) is 0 Å². The number of rotatable bonds is 3. The highest BCUT2D eigenvalue weighted by molar-refractivity contribution is 6.04. The number of ketones is 1. The molecule has 1 saturated carbocycles. The van der Waals surface area contributed by atoms with Crippen molar-refractivity contribution in [3.63, 3.8) is 0 Å². The zero-order valence-corrected chi connectivity index (χ0v) is 7.44. The largest absolute Gasteiger partial charge is 0.289 e.